The number of hydrogen-bond donors (Lipinski definition) is 2. The summed E-state index contributed by atoms with van der Waals surface area (Å²) in [7, 11) is 1.61. The van der Waals surface area contributed by atoms with Gasteiger partial charge >= 0.3 is 0 Å². The molecule has 20 heavy (non-hydrogen) atoms. The van der Waals surface area contributed by atoms with Gasteiger partial charge in [0.25, 0.3) is 0 Å². The van der Waals surface area contributed by atoms with E-state index in [9.17, 15) is 0 Å². The van der Waals surface area contributed by atoms with Crippen molar-refractivity contribution in [1.29, 1.82) is 0 Å². The fourth-order valence-corrected chi connectivity index (χ4v) is 3.37. The molecular formula is C14H22N4O2. The minimum absolute atomic E-state index is 0.0216. The molecule has 1 aliphatic heterocycles. The summed E-state index contributed by atoms with van der Waals surface area (Å²) < 4.78 is 11.1. The first-order chi connectivity index (χ1) is 9.76. The lowest BCUT2D eigenvalue weighted by molar-refractivity contribution is -0.147. The normalized spacial score (nSPS) is 26.0. The van der Waals surface area contributed by atoms with Gasteiger partial charge in [0.2, 0.25) is 5.88 Å². The van der Waals surface area contributed by atoms with Crippen molar-refractivity contribution in [1.82, 2.24) is 15.4 Å². The molecule has 1 aromatic rings. The van der Waals surface area contributed by atoms with Crippen LogP contribution in [0.1, 0.15) is 43.8 Å². The standard InChI is InChI=1S/C14H22N4O2/c1-19-12-7-11(16-9-17-12)13(18-15)10-3-6-20-14(8-10)4-2-5-14/h7,9-10,13,18H,2-6,8,15H2,1H3. The van der Waals surface area contributed by atoms with E-state index in [1.807, 2.05) is 6.07 Å². The Bertz CT molecular complexity index is 464. The van der Waals surface area contributed by atoms with E-state index in [2.05, 4.69) is 15.4 Å². The third-order valence-corrected chi connectivity index (χ3v) is 4.64. The molecule has 2 aliphatic rings. The van der Waals surface area contributed by atoms with E-state index in [4.69, 9.17) is 15.3 Å². The van der Waals surface area contributed by atoms with Crippen LogP contribution >= 0.6 is 0 Å². The van der Waals surface area contributed by atoms with Gasteiger partial charge in [-0.1, -0.05) is 0 Å². The molecule has 110 valence electrons. The molecule has 1 saturated heterocycles. The SMILES string of the molecule is COc1cc(C(NN)C2CCOC3(CCC3)C2)ncn1. The lowest BCUT2D eigenvalue weighted by atomic mass is 9.70. The van der Waals surface area contributed by atoms with Gasteiger partial charge in [-0.3, -0.25) is 11.3 Å². The van der Waals surface area contributed by atoms with Crippen molar-refractivity contribution >= 4 is 0 Å². The van der Waals surface area contributed by atoms with Gasteiger partial charge in [0.1, 0.15) is 6.33 Å². The molecule has 2 fully saturated rings. The molecule has 1 saturated carbocycles. The Hall–Kier alpha value is -1.24. The Labute approximate surface area is 119 Å². The van der Waals surface area contributed by atoms with E-state index in [-0.39, 0.29) is 11.6 Å². The first-order valence-electron chi connectivity index (χ1n) is 7.22. The first kappa shape index (κ1) is 13.7. The zero-order chi connectivity index (χ0) is 14.0. The van der Waals surface area contributed by atoms with Gasteiger partial charge in [0, 0.05) is 12.7 Å². The van der Waals surface area contributed by atoms with Crippen molar-refractivity contribution in [3.63, 3.8) is 0 Å². The molecule has 1 aliphatic carbocycles. The molecule has 2 unspecified atom stereocenters. The van der Waals surface area contributed by atoms with Crippen LogP contribution in [-0.2, 0) is 4.74 Å². The van der Waals surface area contributed by atoms with Gasteiger partial charge < -0.3 is 9.47 Å². The van der Waals surface area contributed by atoms with Crippen molar-refractivity contribution in [2.45, 2.75) is 43.7 Å². The number of nitrogens with zero attached hydrogens (tertiary/aromatic N) is 2. The van der Waals surface area contributed by atoms with Crippen LogP contribution in [0.2, 0.25) is 0 Å². The molecule has 6 nitrogen and oxygen atoms in total. The number of aromatic nitrogens is 2. The summed E-state index contributed by atoms with van der Waals surface area (Å²) in [6.45, 7) is 0.811. The van der Waals surface area contributed by atoms with Crippen LogP contribution in [0.25, 0.3) is 0 Å². The molecule has 0 bridgehead atoms. The van der Waals surface area contributed by atoms with Crippen molar-refractivity contribution < 1.29 is 9.47 Å². The molecule has 1 spiro atoms. The zero-order valence-electron chi connectivity index (χ0n) is 11.8. The summed E-state index contributed by atoms with van der Waals surface area (Å²) >= 11 is 0. The number of rotatable bonds is 4. The highest BCUT2D eigenvalue weighted by molar-refractivity contribution is 5.17. The third kappa shape index (κ3) is 2.51. The molecule has 2 heterocycles. The van der Waals surface area contributed by atoms with E-state index in [0.717, 1.165) is 25.1 Å². The predicted octanol–water partition coefficient (Wildman–Crippen LogP) is 1.34. The van der Waals surface area contributed by atoms with Crippen LogP contribution in [0, 0.1) is 5.92 Å². The summed E-state index contributed by atoms with van der Waals surface area (Å²) in [5, 5.41) is 0. The van der Waals surface area contributed by atoms with Gasteiger partial charge in [0.05, 0.1) is 24.4 Å². The lowest BCUT2D eigenvalue weighted by Crippen LogP contribution is -2.48. The summed E-state index contributed by atoms with van der Waals surface area (Å²) in [4.78, 5) is 8.40. The molecule has 3 N–H and O–H groups in total. The van der Waals surface area contributed by atoms with Gasteiger partial charge in [-0.25, -0.2) is 9.97 Å². The van der Waals surface area contributed by atoms with Gasteiger partial charge in [0.15, 0.2) is 0 Å². The number of ether oxygens (including phenoxy) is 2. The Kier molecular flexibility index (Phi) is 3.87. The minimum atomic E-state index is 0.0216. The van der Waals surface area contributed by atoms with Crippen LogP contribution in [-0.4, -0.2) is 29.3 Å². The maximum atomic E-state index is 5.98. The predicted molar refractivity (Wildman–Crippen MR) is 73.9 cm³/mol. The van der Waals surface area contributed by atoms with Crippen LogP contribution in [0.3, 0.4) is 0 Å². The molecule has 2 atom stereocenters. The average molecular weight is 278 g/mol. The molecule has 6 heteroatoms. The Morgan fingerprint density at radius 2 is 2.35 bits per heavy atom. The van der Waals surface area contributed by atoms with Crippen LogP contribution in [0.4, 0.5) is 0 Å². The number of nitrogens with one attached hydrogen (secondary N) is 1. The molecule has 1 aromatic heterocycles. The second-order valence-electron chi connectivity index (χ2n) is 5.77. The number of nitrogens with two attached hydrogens (primary N) is 1. The quantitative estimate of drug-likeness (QED) is 0.639. The molecule has 0 aromatic carbocycles. The largest absolute Gasteiger partial charge is 0.481 e. The van der Waals surface area contributed by atoms with Crippen molar-refractivity contribution in [3.8, 4) is 5.88 Å². The third-order valence-electron chi connectivity index (χ3n) is 4.64. The Morgan fingerprint density at radius 3 is 3.00 bits per heavy atom. The topological polar surface area (TPSA) is 82.3 Å². The van der Waals surface area contributed by atoms with Crippen LogP contribution in [0.15, 0.2) is 12.4 Å². The fraction of sp³-hybridized carbons (Fsp3) is 0.714. The monoisotopic (exact) mass is 278 g/mol. The van der Waals surface area contributed by atoms with E-state index < -0.39 is 0 Å². The summed E-state index contributed by atoms with van der Waals surface area (Å²) in [6.07, 6.45) is 7.20. The van der Waals surface area contributed by atoms with Crippen LogP contribution < -0.4 is 16.0 Å². The second kappa shape index (κ2) is 5.63. The maximum Gasteiger partial charge on any atom is 0.216 e. The van der Waals surface area contributed by atoms with E-state index in [1.165, 1.54) is 25.6 Å². The van der Waals surface area contributed by atoms with E-state index in [0.29, 0.717) is 11.8 Å². The van der Waals surface area contributed by atoms with Crippen molar-refractivity contribution in [3.05, 3.63) is 18.1 Å². The summed E-state index contributed by atoms with van der Waals surface area (Å²) in [6, 6.07) is 1.88. The smallest absolute Gasteiger partial charge is 0.216 e. The lowest BCUT2D eigenvalue weighted by Gasteiger charge is -2.48. The second-order valence-corrected chi connectivity index (χ2v) is 5.77. The molecular weight excluding hydrogens is 256 g/mol. The minimum Gasteiger partial charge on any atom is -0.481 e. The zero-order valence-corrected chi connectivity index (χ0v) is 11.8. The van der Waals surface area contributed by atoms with Crippen molar-refractivity contribution in [2.75, 3.05) is 13.7 Å². The molecule has 3 rings (SSSR count). The van der Waals surface area contributed by atoms with Gasteiger partial charge in [-0.05, 0) is 38.0 Å². The molecule has 0 radical (unpaired) electrons. The number of hydrogen-bond acceptors (Lipinski definition) is 6. The molecule has 0 amide bonds. The van der Waals surface area contributed by atoms with Gasteiger partial charge in [-0.2, -0.15) is 0 Å². The summed E-state index contributed by atoms with van der Waals surface area (Å²) in [5.74, 6) is 6.79. The van der Waals surface area contributed by atoms with Crippen molar-refractivity contribution in [2.24, 2.45) is 11.8 Å². The Morgan fingerprint density at radius 1 is 1.50 bits per heavy atom. The highest BCUT2D eigenvalue weighted by Gasteiger charge is 2.44. The number of methoxy groups -OCH3 is 1. The summed E-state index contributed by atoms with van der Waals surface area (Å²) in [5.41, 5.74) is 3.92. The van der Waals surface area contributed by atoms with E-state index in [1.54, 1.807) is 7.11 Å². The fourth-order valence-electron chi connectivity index (χ4n) is 3.37. The first-order valence-corrected chi connectivity index (χ1v) is 7.22. The number of hydrazine groups is 1. The van der Waals surface area contributed by atoms with E-state index >= 15 is 0 Å². The average Bonchev–Trinajstić information content (AvgIpc) is 2.47. The Balaban J connectivity index is 1.78. The van der Waals surface area contributed by atoms with Crippen LogP contribution in [0.5, 0.6) is 5.88 Å². The van der Waals surface area contributed by atoms with Gasteiger partial charge in [-0.15, -0.1) is 0 Å². The highest BCUT2D eigenvalue weighted by Crippen LogP contribution is 2.46. The maximum absolute atomic E-state index is 5.98. The highest BCUT2D eigenvalue weighted by atomic mass is 16.5.